The minimum absolute atomic E-state index is 0.0267. The number of aromatic nitrogens is 3. The van der Waals surface area contributed by atoms with E-state index in [2.05, 4.69) is 15.4 Å². The molecule has 1 aromatic carbocycles. The molecule has 0 radical (unpaired) electrons. The van der Waals surface area contributed by atoms with E-state index in [9.17, 15) is 14.3 Å². The zero-order valence-corrected chi connectivity index (χ0v) is 13.3. The van der Waals surface area contributed by atoms with Crippen molar-refractivity contribution < 1.29 is 14.3 Å². The van der Waals surface area contributed by atoms with Crippen molar-refractivity contribution in [1.82, 2.24) is 19.9 Å². The molecule has 1 amide bonds. The van der Waals surface area contributed by atoms with Gasteiger partial charge in [0.05, 0.1) is 12.2 Å². The molecule has 2 heterocycles. The molecule has 124 valence electrons. The molecule has 3 aromatic rings. The second kappa shape index (κ2) is 6.01. The van der Waals surface area contributed by atoms with Crippen LogP contribution in [0.25, 0.3) is 5.65 Å². The van der Waals surface area contributed by atoms with E-state index in [1.54, 1.807) is 32.3 Å². The van der Waals surface area contributed by atoms with Crippen LogP contribution < -0.4 is 5.32 Å². The van der Waals surface area contributed by atoms with Crippen LogP contribution in [0.1, 0.15) is 28.5 Å². The summed E-state index contributed by atoms with van der Waals surface area (Å²) < 4.78 is 14.5. The van der Waals surface area contributed by atoms with E-state index in [0.29, 0.717) is 22.5 Å². The number of nitrogens with one attached hydrogen (secondary N) is 1. The number of hydrogen-bond acceptors (Lipinski definition) is 4. The first kappa shape index (κ1) is 16.1. The fourth-order valence-electron chi connectivity index (χ4n) is 2.51. The van der Waals surface area contributed by atoms with Crippen molar-refractivity contribution in [3.05, 3.63) is 65.4 Å². The summed E-state index contributed by atoms with van der Waals surface area (Å²) in [5.41, 5.74) is 0.555. The Bertz CT molecular complexity index is 887. The monoisotopic (exact) mass is 328 g/mol. The second-order valence-corrected chi connectivity index (χ2v) is 5.81. The molecule has 2 aromatic heterocycles. The highest BCUT2D eigenvalue weighted by Crippen LogP contribution is 2.20. The summed E-state index contributed by atoms with van der Waals surface area (Å²) >= 11 is 0. The number of hydrogen-bond donors (Lipinski definition) is 2. The zero-order valence-electron chi connectivity index (χ0n) is 13.3. The normalized spacial score (nSPS) is 13.7. The van der Waals surface area contributed by atoms with Crippen LogP contribution in [0.5, 0.6) is 0 Å². The topological polar surface area (TPSA) is 79.5 Å². The number of carbonyl (C=O) groups excluding carboxylic acids is 1. The van der Waals surface area contributed by atoms with Gasteiger partial charge in [0, 0.05) is 12.4 Å². The molecular weight excluding hydrogens is 311 g/mol. The van der Waals surface area contributed by atoms with Gasteiger partial charge in [-0.2, -0.15) is 5.10 Å². The Hall–Kier alpha value is -2.80. The first-order valence-electron chi connectivity index (χ1n) is 7.45. The quantitative estimate of drug-likeness (QED) is 0.765. The Morgan fingerprint density at radius 1 is 1.38 bits per heavy atom. The van der Waals surface area contributed by atoms with E-state index in [4.69, 9.17) is 0 Å². The molecule has 0 saturated heterocycles. The zero-order chi connectivity index (χ0) is 17.3. The van der Waals surface area contributed by atoms with Crippen LogP contribution in [0, 0.1) is 12.7 Å². The van der Waals surface area contributed by atoms with Crippen LogP contribution in [-0.2, 0) is 5.60 Å². The standard InChI is InChI=1S/C17H17FN4O2/c1-11-14(15-19-8-3-9-22(15)21-11)16(23)20-10-17(2,24)12-4-6-13(18)7-5-12/h3-9,24H,10H2,1-2H3,(H,20,23). The van der Waals surface area contributed by atoms with Crippen LogP contribution in [-0.4, -0.2) is 32.2 Å². The van der Waals surface area contributed by atoms with Crippen LogP contribution in [0.3, 0.4) is 0 Å². The molecule has 0 aliphatic heterocycles. The predicted molar refractivity (Wildman–Crippen MR) is 86.0 cm³/mol. The smallest absolute Gasteiger partial charge is 0.257 e. The third-order valence-electron chi connectivity index (χ3n) is 3.86. The fourth-order valence-corrected chi connectivity index (χ4v) is 2.51. The van der Waals surface area contributed by atoms with Gasteiger partial charge in [0.15, 0.2) is 5.65 Å². The molecule has 0 fully saturated rings. The van der Waals surface area contributed by atoms with E-state index in [-0.39, 0.29) is 18.3 Å². The number of halogens is 1. The first-order valence-corrected chi connectivity index (χ1v) is 7.45. The van der Waals surface area contributed by atoms with Gasteiger partial charge in [-0.15, -0.1) is 0 Å². The Labute approximate surface area is 138 Å². The molecule has 0 saturated carbocycles. The number of rotatable bonds is 4. The van der Waals surface area contributed by atoms with Gasteiger partial charge in [-0.1, -0.05) is 12.1 Å². The first-order chi connectivity index (χ1) is 11.4. The molecule has 7 heteroatoms. The number of nitrogens with zero attached hydrogens (tertiary/aromatic N) is 3. The van der Waals surface area contributed by atoms with Gasteiger partial charge in [-0.3, -0.25) is 4.79 Å². The van der Waals surface area contributed by atoms with Gasteiger partial charge in [-0.05, 0) is 37.6 Å². The van der Waals surface area contributed by atoms with Crippen LogP contribution in [0.4, 0.5) is 4.39 Å². The number of amides is 1. The van der Waals surface area contributed by atoms with Crippen molar-refractivity contribution in [3.8, 4) is 0 Å². The molecule has 1 unspecified atom stereocenters. The number of aliphatic hydroxyl groups is 1. The van der Waals surface area contributed by atoms with Crippen molar-refractivity contribution in [1.29, 1.82) is 0 Å². The molecule has 24 heavy (non-hydrogen) atoms. The highest BCUT2D eigenvalue weighted by atomic mass is 19.1. The van der Waals surface area contributed by atoms with Crippen molar-refractivity contribution in [2.75, 3.05) is 6.54 Å². The molecule has 1 atom stereocenters. The molecule has 0 aliphatic carbocycles. The lowest BCUT2D eigenvalue weighted by Gasteiger charge is -2.24. The fraction of sp³-hybridized carbons (Fsp3) is 0.235. The Kier molecular flexibility index (Phi) is 4.02. The third-order valence-corrected chi connectivity index (χ3v) is 3.86. The van der Waals surface area contributed by atoms with E-state index in [1.165, 1.54) is 28.8 Å². The molecule has 0 bridgehead atoms. The maximum Gasteiger partial charge on any atom is 0.257 e. The van der Waals surface area contributed by atoms with Gasteiger partial charge in [0.1, 0.15) is 17.0 Å². The lowest BCUT2D eigenvalue weighted by atomic mass is 9.96. The Morgan fingerprint density at radius 2 is 2.08 bits per heavy atom. The lowest BCUT2D eigenvalue weighted by molar-refractivity contribution is 0.0526. The highest BCUT2D eigenvalue weighted by molar-refractivity contribution is 6.01. The minimum Gasteiger partial charge on any atom is -0.384 e. The average Bonchev–Trinajstić information content (AvgIpc) is 2.89. The Balaban J connectivity index is 1.79. The van der Waals surface area contributed by atoms with Gasteiger partial charge in [-0.25, -0.2) is 13.9 Å². The number of aryl methyl sites for hydroxylation is 1. The average molecular weight is 328 g/mol. The third kappa shape index (κ3) is 2.98. The summed E-state index contributed by atoms with van der Waals surface area (Å²) in [5, 5.41) is 17.5. The van der Waals surface area contributed by atoms with Crippen LogP contribution >= 0.6 is 0 Å². The number of fused-ring (bicyclic) bond motifs is 1. The second-order valence-electron chi connectivity index (χ2n) is 5.81. The SMILES string of the molecule is Cc1nn2cccnc2c1C(=O)NCC(C)(O)c1ccc(F)cc1. The summed E-state index contributed by atoms with van der Waals surface area (Å²) in [6.07, 6.45) is 3.29. The van der Waals surface area contributed by atoms with E-state index in [1.807, 2.05) is 0 Å². The van der Waals surface area contributed by atoms with E-state index < -0.39 is 5.60 Å². The molecule has 2 N–H and O–H groups in total. The summed E-state index contributed by atoms with van der Waals surface area (Å²) in [4.78, 5) is 16.7. The maximum absolute atomic E-state index is 13.0. The largest absolute Gasteiger partial charge is 0.384 e. The van der Waals surface area contributed by atoms with Gasteiger partial charge in [0.2, 0.25) is 0 Å². The molecule has 0 spiro atoms. The molecule has 6 nitrogen and oxygen atoms in total. The number of carbonyl (C=O) groups is 1. The summed E-state index contributed by atoms with van der Waals surface area (Å²) in [6.45, 7) is 3.25. The molecule has 0 aliphatic rings. The highest BCUT2D eigenvalue weighted by Gasteiger charge is 2.26. The van der Waals surface area contributed by atoms with Crippen molar-refractivity contribution in [2.45, 2.75) is 19.4 Å². The predicted octanol–water partition coefficient (Wildman–Crippen LogP) is 1.81. The van der Waals surface area contributed by atoms with Gasteiger partial charge < -0.3 is 10.4 Å². The van der Waals surface area contributed by atoms with E-state index in [0.717, 1.165) is 0 Å². The van der Waals surface area contributed by atoms with Gasteiger partial charge >= 0.3 is 0 Å². The molecular formula is C17H17FN4O2. The number of benzene rings is 1. The maximum atomic E-state index is 13.0. The minimum atomic E-state index is -1.33. The summed E-state index contributed by atoms with van der Waals surface area (Å²) in [7, 11) is 0. The van der Waals surface area contributed by atoms with Crippen molar-refractivity contribution in [3.63, 3.8) is 0 Å². The van der Waals surface area contributed by atoms with Crippen molar-refractivity contribution >= 4 is 11.6 Å². The van der Waals surface area contributed by atoms with Crippen LogP contribution in [0.2, 0.25) is 0 Å². The lowest BCUT2D eigenvalue weighted by Crippen LogP contribution is -2.38. The molecule has 3 rings (SSSR count). The summed E-state index contributed by atoms with van der Waals surface area (Å²) in [5.74, 6) is -0.754. The van der Waals surface area contributed by atoms with E-state index >= 15 is 0 Å². The van der Waals surface area contributed by atoms with Gasteiger partial charge in [0.25, 0.3) is 5.91 Å². The van der Waals surface area contributed by atoms with Crippen LogP contribution in [0.15, 0.2) is 42.7 Å². The Morgan fingerprint density at radius 3 is 2.79 bits per heavy atom. The van der Waals surface area contributed by atoms with Crippen molar-refractivity contribution in [2.24, 2.45) is 0 Å². The summed E-state index contributed by atoms with van der Waals surface area (Å²) in [6, 6.07) is 7.24.